The van der Waals surface area contributed by atoms with Crippen LogP contribution in [0.25, 0.3) is 49.4 Å². The molecule has 6 rings (SSSR count). The lowest BCUT2D eigenvalue weighted by Gasteiger charge is -2.11. The largest absolute Gasteiger partial charge is 0.293 e. The summed E-state index contributed by atoms with van der Waals surface area (Å²) in [5, 5.41) is 4.97. The molecule has 0 bridgehead atoms. The van der Waals surface area contributed by atoms with Crippen LogP contribution in [0.1, 0.15) is 0 Å². The van der Waals surface area contributed by atoms with Gasteiger partial charge < -0.3 is 0 Å². The molecule has 2 heteroatoms. The molecule has 0 saturated carbocycles. The van der Waals surface area contributed by atoms with E-state index in [4.69, 9.17) is 4.98 Å². The summed E-state index contributed by atoms with van der Waals surface area (Å²) in [6.45, 7) is 0. The Hall–Kier alpha value is -3.65. The average molecular weight is 344 g/mol. The molecule has 0 unspecified atom stereocenters. The Morgan fingerprint density at radius 1 is 0.556 bits per heavy atom. The monoisotopic (exact) mass is 344 g/mol. The first kappa shape index (κ1) is 14.5. The van der Waals surface area contributed by atoms with E-state index >= 15 is 0 Å². The van der Waals surface area contributed by atoms with Crippen molar-refractivity contribution in [2.45, 2.75) is 0 Å². The van der Waals surface area contributed by atoms with Crippen LogP contribution in [0.4, 0.5) is 0 Å². The van der Waals surface area contributed by atoms with Gasteiger partial charge in [-0.1, -0.05) is 72.8 Å². The summed E-state index contributed by atoms with van der Waals surface area (Å²) in [5.74, 6) is 0. The topological polar surface area (TPSA) is 17.3 Å². The van der Waals surface area contributed by atoms with Crippen LogP contribution in [0.2, 0.25) is 0 Å². The maximum absolute atomic E-state index is 4.78. The molecule has 0 aliphatic heterocycles. The third-order valence-electron chi connectivity index (χ3n) is 5.41. The number of pyridine rings is 2. The molecule has 0 aliphatic carbocycles. The lowest BCUT2D eigenvalue weighted by Crippen LogP contribution is -1.92. The van der Waals surface area contributed by atoms with E-state index in [-0.39, 0.29) is 0 Å². The molecule has 126 valence electrons. The number of para-hydroxylation sites is 1. The molecule has 2 nitrogen and oxygen atoms in total. The van der Waals surface area contributed by atoms with Crippen molar-refractivity contribution in [2.75, 3.05) is 0 Å². The van der Waals surface area contributed by atoms with Crippen molar-refractivity contribution in [3.63, 3.8) is 0 Å². The van der Waals surface area contributed by atoms with Crippen molar-refractivity contribution < 1.29 is 0 Å². The maximum Gasteiger partial charge on any atom is 0.145 e. The maximum atomic E-state index is 4.78. The van der Waals surface area contributed by atoms with Gasteiger partial charge in [-0.15, -0.1) is 0 Å². The number of hydrogen-bond donors (Lipinski definition) is 0. The van der Waals surface area contributed by atoms with Crippen LogP contribution < -0.4 is 0 Å². The first-order valence-corrected chi connectivity index (χ1v) is 9.17. The number of benzene rings is 3. The van der Waals surface area contributed by atoms with Crippen molar-refractivity contribution in [2.24, 2.45) is 0 Å². The Balaban J connectivity index is 2.02. The minimum atomic E-state index is 1.01. The van der Waals surface area contributed by atoms with Crippen molar-refractivity contribution in [3.8, 4) is 11.1 Å². The van der Waals surface area contributed by atoms with Gasteiger partial charge in [0.1, 0.15) is 5.65 Å². The van der Waals surface area contributed by atoms with E-state index in [0.29, 0.717) is 0 Å². The summed E-state index contributed by atoms with van der Waals surface area (Å²) in [6.07, 6.45) is 1.88. The smallest absolute Gasteiger partial charge is 0.145 e. The number of hydrogen-bond acceptors (Lipinski definition) is 1. The van der Waals surface area contributed by atoms with Crippen molar-refractivity contribution >= 4 is 38.2 Å². The molecule has 0 saturated heterocycles. The van der Waals surface area contributed by atoms with Gasteiger partial charge in [0.05, 0.1) is 11.0 Å². The van der Waals surface area contributed by atoms with Crippen LogP contribution in [0.15, 0.2) is 97.2 Å². The predicted octanol–water partition coefficient (Wildman–Crippen LogP) is 6.46. The SMILES string of the molecule is c1ccc(-c2c3cccnc3n3c4ccccc4c4ccccc4c23)cc1. The standard InChI is InChI=1S/C25H16N2/c1-2-9-17(10-3-1)23-21-14-8-16-26-25(21)27-22-15-7-6-12-19(22)18-11-4-5-13-20(18)24(23)27/h1-16H. The zero-order chi connectivity index (χ0) is 17.8. The van der Waals surface area contributed by atoms with Crippen molar-refractivity contribution in [3.05, 3.63) is 97.2 Å². The van der Waals surface area contributed by atoms with Crippen LogP contribution in [0.5, 0.6) is 0 Å². The zero-order valence-corrected chi connectivity index (χ0v) is 14.6. The summed E-state index contributed by atoms with van der Waals surface area (Å²) < 4.78 is 2.33. The highest BCUT2D eigenvalue weighted by Gasteiger charge is 2.19. The first-order valence-electron chi connectivity index (χ1n) is 9.17. The highest BCUT2D eigenvalue weighted by molar-refractivity contribution is 6.21. The summed E-state index contributed by atoms with van der Waals surface area (Å²) >= 11 is 0. The quantitative estimate of drug-likeness (QED) is 0.313. The van der Waals surface area contributed by atoms with Gasteiger partial charge in [-0.3, -0.25) is 4.40 Å². The number of aromatic nitrogens is 2. The summed E-state index contributed by atoms with van der Waals surface area (Å²) in [7, 11) is 0. The molecule has 0 amide bonds. The van der Waals surface area contributed by atoms with E-state index < -0.39 is 0 Å². The molecule has 0 atom stereocenters. The van der Waals surface area contributed by atoms with Crippen molar-refractivity contribution in [1.29, 1.82) is 0 Å². The summed E-state index contributed by atoms with van der Waals surface area (Å²) in [4.78, 5) is 4.78. The molecule has 0 radical (unpaired) electrons. The van der Waals surface area contributed by atoms with Gasteiger partial charge in [0.25, 0.3) is 0 Å². The fourth-order valence-corrected chi connectivity index (χ4v) is 4.32. The Morgan fingerprint density at radius 3 is 2.07 bits per heavy atom. The predicted molar refractivity (Wildman–Crippen MR) is 113 cm³/mol. The van der Waals surface area contributed by atoms with E-state index in [0.717, 1.165) is 5.65 Å². The van der Waals surface area contributed by atoms with E-state index in [2.05, 4.69) is 89.3 Å². The van der Waals surface area contributed by atoms with Gasteiger partial charge >= 0.3 is 0 Å². The molecule has 3 heterocycles. The molecule has 3 aromatic heterocycles. The zero-order valence-electron chi connectivity index (χ0n) is 14.6. The molecule has 0 spiro atoms. The Labute approximate surface area is 156 Å². The molecule has 0 aliphatic rings. The average Bonchev–Trinajstić information content (AvgIpc) is 3.10. The fourth-order valence-electron chi connectivity index (χ4n) is 4.32. The van der Waals surface area contributed by atoms with Gasteiger partial charge in [-0.2, -0.15) is 0 Å². The Kier molecular flexibility index (Phi) is 2.91. The first-order chi connectivity index (χ1) is 13.4. The van der Waals surface area contributed by atoms with Gasteiger partial charge in [-0.25, -0.2) is 4.98 Å². The molecule has 0 fully saturated rings. The molecule has 3 aromatic carbocycles. The minimum absolute atomic E-state index is 1.01. The fraction of sp³-hybridized carbons (Fsp3) is 0. The normalized spacial score (nSPS) is 11.7. The van der Waals surface area contributed by atoms with Crippen molar-refractivity contribution in [1.82, 2.24) is 9.38 Å². The molecular formula is C25H16N2. The lowest BCUT2D eigenvalue weighted by molar-refractivity contribution is 1.26. The van der Waals surface area contributed by atoms with E-state index in [1.165, 1.54) is 43.7 Å². The highest BCUT2D eigenvalue weighted by Crippen LogP contribution is 2.41. The third kappa shape index (κ3) is 1.92. The van der Waals surface area contributed by atoms with E-state index in [9.17, 15) is 0 Å². The lowest BCUT2D eigenvalue weighted by atomic mass is 9.99. The van der Waals surface area contributed by atoms with Crippen LogP contribution >= 0.6 is 0 Å². The van der Waals surface area contributed by atoms with Crippen LogP contribution in [0, 0.1) is 0 Å². The van der Waals surface area contributed by atoms with Gasteiger partial charge in [0.15, 0.2) is 0 Å². The van der Waals surface area contributed by atoms with Crippen LogP contribution in [0.3, 0.4) is 0 Å². The Bertz CT molecular complexity index is 1460. The summed E-state index contributed by atoms with van der Waals surface area (Å²) in [6, 6.07) is 32.1. The highest BCUT2D eigenvalue weighted by atomic mass is 15.0. The third-order valence-corrected chi connectivity index (χ3v) is 5.41. The van der Waals surface area contributed by atoms with Gasteiger partial charge in [-0.05, 0) is 29.1 Å². The van der Waals surface area contributed by atoms with Gasteiger partial charge in [0.2, 0.25) is 0 Å². The van der Waals surface area contributed by atoms with Gasteiger partial charge in [0, 0.05) is 27.9 Å². The molecule has 6 aromatic rings. The second kappa shape index (κ2) is 5.42. The number of fused-ring (bicyclic) bond motifs is 8. The molecule has 27 heavy (non-hydrogen) atoms. The Morgan fingerprint density at radius 2 is 1.22 bits per heavy atom. The van der Waals surface area contributed by atoms with Crippen LogP contribution in [-0.2, 0) is 0 Å². The number of rotatable bonds is 1. The second-order valence-electron chi connectivity index (χ2n) is 6.86. The summed E-state index contributed by atoms with van der Waals surface area (Å²) in [5.41, 5.74) is 5.90. The van der Waals surface area contributed by atoms with E-state index in [1.807, 2.05) is 12.3 Å². The van der Waals surface area contributed by atoms with Crippen LogP contribution in [-0.4, -0.2) is 9.38 Å². The molecule has 0 N–H and O–H groups in total. The number of nitrogens with zero attached hydrogens (tertiary/aromatic N) is 2. The minimum Gasteiger partial charge on any atom is -0.293 e. The van der Waals surface area contributed by atoms with E-state index in [1.54, 1.807) is 0 Å². The second-order valence-corrected chi connectivity index (χ2v) is 6.86. The molecular weight excluding hydrogens is 328 g/mol.